The van der Waals surface area contributed by atoms with Crippen LogP contribution in [0.4, 0.5) is 0 Å². The molecule has 1 N–H and O–H groups in total. The summed E-state index contributed by atoms with van der Waals surface area (Å²) in [5.74, 6) is 1.21. The Morgan fingerprint density at radius 1 is 1.35 bits per heavy atom. The Kier molecular flexibility index (Phi) is 3.54. The van der Waals surface area contributed by atoms with Crippen LogP contribution in [0.2, 0.25) is 0 Å². The van der Waals surface area contributed by atoms with Gasteiger partial charge in [0.15, 0.2) is 0 Å². The monoisotopic (exact) mass is 273 g/mol. The van der Waals surface area contributed by atoms with Gasteiger partial charge in [0.25, 0.3) is 0 Å². The minimum absolute atomic E-state index is 0.208. The highest BCUT2D eigenvalue weighted by atomic mass is 16.5. The van der Waals surface area contributed by atoms with Crippen LogP contribution in [0.15, 0.2) is 34.9 Å². The Balaban J connectivity index is 1.89. The summed E-state index contributed by atoms with van der Waals surface area (Å²) < 4.78 is 11.0. The molecule has 2 aromatic rings. The molecule has 1 aromatic heterocycles. The number of hydrogen-bond acceptors (Lipinski definition) is 5. The lowest BCUT2D eigenvalue weighted by Gasteiger charge is -2.18. The van der Waals surface area contributed by atoms with Crippen molar-refractivity contribution in [1.29, 1.82) is 0 Å². The summed E-state index contributed by atoms with van der Waals surface area (Å²) in [7, 11) is 1.66. The number of nitrogens with one attached hydrogen (secondary N) is 1. The number of aromatic nitrogens is 2. The molecule has 1 aliphatic heterocycles. The van der Waals surface area contributed by atoms with E-state index < -0.39 is 0 Å². The van der Waals surface area contributed by atoms with Gasteiger partial charge in [-0.1, -0.05) is 35.5 Å². The van der Waals surface area contributed by atoms with Gasteiger partial charge in [0.1, 0.15) is 6.10 Å². The first kappa shape index (κ1) is 13.3. The van der Waals surface area contributed by atoms with Gasteiger partial charge in [0, 0.05) is 7.11 Å². The first-order valence-corrected chi connectivity index (χ1v) is 6.90. The fourth-order valence-corrected chi connectivity index (χ4v) is 2.66. The predicted molar refractivity (Wildman–Crippen MR) is 74.2 cm³/mol. The van der Waals surface area contributed by atoms with Crippen molar-refractivity contribution in [3.63, 3.8) is 0 Å². The standard InChI is InChI=1S/C15H19N3O2/c1-15(9-6-10-16-15)14-17-13(18-20-14)12(19-2)11-7-4-3-5-8-11/h3-5,7-8,12,16H,6,9-10H2,1-2H3. The molecule has 0 spiro atoms. The van der Waals surface area contributed by atoms with Crippen molar-refractivity contribution in [2.24, 2.45) is 0 Å². The molecule has 20 heavy (non-hydrogen) atoms. The molecule has 2 unspecified atom stereocenters. The van der Waals surface area contributed by atoms with E-state index in [0.717, 1.165) is 24.9 Å². The lowest BCUT2D eigenvalue weighted by atomic mass is 10.0. The zero-order valence-electron chi connectivity index (χ0n) is 11.8. The molecule has 106 valence electrons. The molecule has 3 rings (SSSR count). The van der Waals surface area contributed by atoms with Crippen molar-refractivity contribution in [3.05, 3.63) is 47.6 Å². The minimum atomic E-state index is -0.293. The number of hydrogen-bond donors (Lipinski definition) is 1. The van der Waals surface area contributed by atoms with Crippen molar-refractivity contribution in [3.8, 4) is 0 Å². The Labute approximate surface area is 118 Å². The molecule has 1 aliphatic rings. The highest BCUT2D eigenvalue weighted by Crippen LogP contribution is 2.31. The van der Waals surface area contributed by atoms with E-state index in [-0.39, 0.29) is 11.6 Å². The van der Waals surface area contributed by atoms with Crippen LogP contribution < -0.4 is 5.32 Å². The average Bonchev–Trinajstić information content (AvgIpc) is 3.11. The molecule has 0 bridgehead atoms. The number of benzene rings is 1. The quantitative estimate of drug-likeness (QED) is 0.927. The summed E-state index contributed by atoms with van der Waals surface area (Å²) >= 11 is 0. The summed E-state index contributed by atoms with van der Waals surface area (Å²) in [6.07, 6.45) is 1.84. The molecule has 2 atom stereocenters. The van der Waals surface area contributed by atoms with E-state index in [0.29, 0.717) is 11.7 Å². The van der Waals surface area contributed by atoms with Gasteiger partial charge in [-0.2, -0.15) is 4.98 Å². The second-order valence-electron chi connectivity index (χ2n) is 5.35. The van der Waals surface area contributed by atoms with E-state index in [1.165, 1.54) is 0 Å². The van der Waals surface area contributed by atoms with E-state index >= 15 is 0 Å². The summed E-state index contributed by atoms with van der Waals surface area (Å²) in [6, 6.07) is 9.92. The Bertz CT molecular complexity index is 562. The van der Waals surface area contributed by atoms with Crippen LogP contribution in [0, 0.1) is 0 Å². The lowest BCUT2D eigenvalue weighted by molar-refractivity contribution is 0.126. The van der Waals surface area contributed by atoms with Gasteiger partial charge in [-0.3, -0.25) is 0 Å². The van der Waals surface area contributed by atoms with Crippen LogP contribution in [0.25, 0.3) is 0 Å². The van der Waals surface area contributed by atoms with Crippen LogP contribution in [-0.4, -0.2) is 23.8 Å². The summed E-state index contributed by atoms with van der Waals surface area (Å²) in [5, 5.41) is 7.52. The van der Waals surface area contributed by atoms with E-state index in [1.54, 1.807) is 7.11 Å². The number of ether oxygens (including phenoxy) is 1. The molecule has 1 aromatic carbocycles. The van der Waals surface area contributed by atoms with Crippen LogP contribution in [0.3, 0.4) is 0 Å². The number of rotatable bonds is 4. The van der Waals surface area contributed by atoms with E-state index in [2.05, 4.69) is 22.4 Å². The van der Waals surface area contributed by atoms with Crippen molar-refractivity contribution in [2.45, 2.75) is 31.4 Å². The number of nitrogens with zero attached hydrogens (tertiary/aromatic N) is 2. The second kappa shape index (κ2) is 5.34. The lowest BCUT2D eigenvalue weighted by Crippen LogP contribution is -2.33. The van der Waals surface area contributed by atoms with Crippen LogP contribution in [-0.2, 0) is 10.3 Å². The highest BCUT2D eigenvalue weighted by Gasteiger charge is 2.36. The molecule has 5 nitrogen and oxygen atoms in total. The molecule has 1 fully saturated rings. The Morgan fingerprint density at radius 2 is 2.15 bits per heavy atom. The third-order valence-corrected chi connectivity index (χ3v) is 3.86. The van der Waals surface area contributed by atoms with Gasteiger partial charge in [-0.05, 0) is 31.9 Å². The predicted octanol–water partition coefficient (Wildman–Crippen LogP) is 2.40. The highest BCUT2D eigenvalue weighted by molar-refractivity contribution is 5.23. The zero-order valence-corrected chi connectivity index (χ0v) is 11.8. The zero-order chi connectivity index (χ0) is 14.0. The molecular weight excluding hydrogens is 254 g/mol. The average molecular weight is 273 g/mol. The van der Waals surface area contributed by atoms with Crippen LogP contribution >= 0.6 is 0 Å². The summed E-state index contributed by atoms with van der Waals surface area (Å²) in [6.45, 7) is 3.09. The first-order chi connectivity index (χ1) is 9.73. The molecule has 1 saturated heterocycles. The largest absolute Gasteiger partial charge is 0.369 e. The Hall–Kier alpha value is -1.72. The molecule has 5 heteroatoms. The fourth-order valence-electron chi connectivity index (χ4n) is 2.66. The Morgan fingerprint density at radius 3 is 2.80 bits per heavy atom. The SMILES string of the molecule is COC(c1ccccc1)c1noc(C2(C)CCCN2)n1. The van der Waals surface area contributed by atoms with Crippen LogP contribution in [0.5, 0.6) is 0 Å². The maximum atomic E-state index is 5.53. The second-order valence-corrected chi connectivity index (χ2v) is 5.35. The normalized spacial score (nSPS) is 23.9. The molecule has 0 aliphatic carbocycles. The summed E-state index contributed by atoms with van der Waals surface area (Å²) in [4.78, 5) is 4.55. The van der Waals surface area contributed by atoms with Crippen LogP contribution in [0.1, 0.15) is 43.1 Å². The van der Waals surface area contributed by atoms with E-state index in [4.69, 9.17) is 9.26 Å². The van der Waals surface area contributed by atoms with Crippen molar-refractivity contribution >= 4 is 0 Å². The first-order valence-electron chi connectivity index (χ1n) is 6.90. The molecule has 0 saturated carbocycles. The maximum absolute atomic E-state index is 5.53. The van der Waals surface area contributed by atoms with E-state index in [1.807, 2.05) is 30.3 Å². The van der Waals surface area contributed by atoms with Gasteiger partial charge >= 0.3 is 0 Å². The third-order valence-electron chi connectivity index (χ3n) is 3.86. The maximum Gasteiger partial charge on any atom is 0.246 e. The van der Waals surface area contributed by atoms with Gasteiger partial charge < -0.3 is 14.6 Å². The topological polar surface area (TPSA) is 60.2 Å². The smallest absolute Gasteiger partial charge is 0.246 e. The number of methoxy groups -OCH3 is 1. The molecule has 0 radical (unpaired) electrons. The van der Waals surface area contributed by atoms with Crippen molar-refractivity contribution in [1.82, 2.24) is 15.5 Å². The van der Waals surface area contributed by atoms with E-state index in [9.17, 15) is 0 Å². The summed E-state index contributed by atoms with van der Waals surface area (Å²) in [5.41, 5.74) is 0.812. The minimum Gasteiger partial charge on any atom is -0.369 e. The molecule has 2 heterocycles. The van der Waals surface area contributed by atoms with Gasteiger partial charge in [-0.15, -0.1) is 0 Å². The fraction of sp³-hybridized carbons (Fsp3) is 0.467. The third kappa shape index (κ3) is 2.34. The molecular formula is C15H19N3O2. The van der Waals surface area contributed by atoms with Crippen molar-refractivity contribution < 1.29 is 9.26 Å². The molecule has 0 amide bonds. The van der Waals surface area contributed by atoms with Gasteiger partial charge in [0.2, 0.25) is 11.7 Å². The van der Waals surface area contributed by atoms with Gasteiger partial charge in [-0.25, -0.2) is 0 Å². The van der Waals surface area contributed by atoms with Gasteiger partial charge in [0.05, 0.1) is 5.54 Å². The van der Waals surface area contributed by atoms with Crippen molar-refractivity contribution in [2.75, 3.05) is 13.7 Å².